The second-order valence-electron chi connectivity index (χ2n) is 5.03. The van der Waals surface area contributed by atoms with E-state index in [9.17, 15) is 0 Å². The molecule has 0 saturated carbocycles. The second-order valence-corrected chi connectivity index (χ2v) is 5.03. The van der Waals surface area contributed by atoms with Crippen LogP contribution in [0.15, 0.2) is 18.2 Å². The van der Waals surface area contributed by atoms with Gasteiger partial charge in [0.25, 0.3) is 0 Å². The lowest BCUT2D eigenvalue weighted by atomic mass is 10.1. The van der Waals surface area contributed by atoms with Gasteiger partial charge in [0.2, 0.25) is 0 Å². The smallest absolute Gasteiger partial charge is 0.0720 e. The van der Waals surface area contributed by atoms with Gasteiger partial charge in [-0.1, -0.05) is 23.8 Å². The highest BCUT2D eigenvalue weighted by atomic mass is 16.5. The van der Waals surface area contributed by atoms with E-state index < -0.39 is 0 Å². The molecule has 94 valence electrons. The van der Waals surface area contributed by atoms with Gasteiger partial charge >= 0.3 is 0 Å². The fraction of sp³-hybridized carbons (Fsp3) is 0.600. The largest absolute Gasteiger partial charge is 0.375 e. The lowest BCUT2D eigenvalue weighted by Gasteiger charge is -2.14. The monoisotopic (exact) mass is 233 g/mol. The van der Waals surface area contributed by atoms with E-state index in [0.29, 0.717) is 0 Å². The maximum atomic E-state index is 5.76. The van der Waals surface area contributed by atoms with Crippen molar-refractivity contribution in [1.82, 2.24) is 4.90 Å². The number of hydrogen-bond acceptors (Lipinski definition) is 2. The van der Waals surface area contributed by atoms with Gasteiger partial charge in [-0.25, -0.2) is 0 Å². The zero-order valence-corrected chi connectivity index (χ0v) is 11.0. The van der Waals surface area contributed by atoms with Crippen LogP contribution < -0.4 is 0 Å². The first kappa shape index (κ1) is 12.6. The Bertz CT molecular complexity index is 356. The first-order valence-electron chi connectivity index (χ1n) is 6.62. The maximum Gasteiger partial charge on any atom is 0.0720 e. The lowest BCUT2D eigenvalue weighted by Crippen LogP contribution is -2.23. The minimum absolute atomic E-state index is 0.750. The van der Waals surface area contributed by atoms with Crippen LogP contribution in [0, 0.1) is 13.8 Å². The van der Waals surface area contributed by atoms with Gasteiger partial charge in [0.15, 0.2) is 0 Å². The molecule has 0 aromatic heterocycles. The Morgan fingerprint density at radius 3 is 2.65 bits per heavy atom. The van der Waals surface area contributed by atoms with Crippen LogP contribution >= 0.6 is 0 Å². The molecule has 2 heteroatoms. The maximum absolute atomic E-state index is 5.76. The van der Waals surface area contributed by atoms with Crippen LogP contribution in [0.2, 0.25) is 0 Å². The molecule has 2 nitrogen and oxygen atoms in total. The van der Waals surface area contributed by atoms with Crippen LogP contribution in [-0.4, -0.2) is 31.1 Å². The molecule has 0 radical (unpaired) electrons. The fourth-order valence-corrected chi connectivity index (χ4v) is 2.39. The zero-order valence-electron chi connectivity index (χ0n) is 11.0. The SMILES string of the molecule is Cc1ccc(COCCN2CCCC2)c(C)c1. The molecular weight excluding hydrogens is 210 g/mol. The van der Waals surface area contributed by atoms with Gasteiger partial charge in [0.1, 0.15) is 0 Å². The molecule has 1 heterocycles. The van der Waals surface area contributed by atoms with Crippen molar-refractivity contribution in [2.75, 3.05) is 26.2 Å². The van der Waals surface area contributed by atoms with Crippen molar-refractivity contribution in [1.29, 1.82) is 0 Å². The highest BCUT2D eigenvalue weighted by molar-refractivity contribution is 5.29. The molecule has 1 aromatic carbocycles. The topological polar surface area (TPSA) is 12.5 Å². The summed E-state index contributed by atoms with van der Waals surface area (Å²) in [6.45, 7) is 9.50. The Kier molecular flexibility index (Phi) is 4.57. The molecule has 0 bridgehead atoms. The van der Waals surface area contributed by atoms with Crippen molar-refractivity contribution in [3.8, 4) is 0 Å². The van der Waals surface area contributed by atoms with Crippen LogP contribution in [0.5, 0.6) is 0 Å². The van der Waals surface area contributed by atoms with Gasteiger partial charge in [-0.2, -0.15) is 0 Å². The summed E-state index contributed by atoms with van der Waals surface area (Å²) in [5.41, 5.74) is 3.98. The fourth-order valence-electron chi connectivity index (χ4n) is 2.39. The molecule has 0 spiro atoms. The summed E-state index contributed by atoms with van der Waals surface area (Å²) in [7, 11) is 0. The average Bonchev–Trinajstić information content (AvgIpc) is 2.79. The number of hydrogen-bond donors (Lipinski definition) is 0. The van der Waals surface area contributed by atoms with Gasteiger partial charge < -0.3 is 9.64 Å². The molecule has 0 atom stereocenters. The summed E-state index contributed by atoms with van der Waals surface area (Å²) in [5.74, 6) is 0. The van der Waals surface area contributed by atoms with E-state index in [2.05, 4.69) is 36.9 Å². The van der Waals surface area contributed by atoms with Crippen molar-refractivity contribution in [2.24, 2.45) is 0 Å². The van der Waals surface area contributed by atoms with E-state index >= 15 is 0 Å². The van der Waals surface area contributed by atoms with Crippen LogP contribution in [0.25, 0.3) is 0 Å². The van der Waals surface area contributed by atoms with Crippen molar-refractivity contribution in [2.45, 2.75) is 33.3 Å². The molecule has 1 aromatic rings. The Morgan fingerprint density at radius 1 is 1.18 bits per heavy atom. The van der Waals surface area contributed by atoms with E-state index in [4.69, 9.17) is 4.74 Å². The third-order valence-corrected chi connectivity index (χ3v) is 3.51. The quantitative estimate of drug-likeness (QED) is 0.725. The first-order chi connectivity index (χ1) is 8.25. The molecule has 0 unspecified atom stereocenters. The number of benzene rings is 1. The summed E-state index contributed by atoms with van der Waals surface area (Å²) in [5, 5.41) is 0. The third-order valence-electron chi connectivity index (χ3n) is 3.51. The molecule has 0 N–H and O–H groups in total. The number of rotatable bonds is 5. The normalized spacial score (nSPS) is 16.6. The Morgan fingerprint density at radius 2 is 1.94 bits per heavy atom. The minimum Gasteiger partial charge on any atom is -0.375 e. The van der Waals surface area contributed by atoms with E-state index in [-0.39, 0.29) is 0 Å². The minimum atomic E-state index is 0.750. The van der Waals surface area contributed by atoms with Gasteiger partial charge in [0, 0.05) is 6.54 Å². The first-order valence-corrected chi connectivity index (χ1v) is 6.62. The highest BCUT2D eigenvalue weighted by Gasteiger charge is 2.10. The predicted molar refractivity (Wildman–Crippen MR) is 71.2 cm³/mol. The van der Waals surface area contributed by atoms with Crippen LogP contribution in [0.1, 0.15) is 29.5 Å². The molecule has 0 amide bonds. The number of likely N-dealkylation sites (tertiary alicyclic amines) is 1. The van der Waals surface area contributed by atoms with Crippen molar-refractivity contribution >= 4 is 0 Å². The molecule has 17 heavy (non-hydrogen) atoms. The van der Waals surface area contributed by atoms with Crippen molar-refractivity contribution in [3.63, 3.8) is 0 Å². The molecule has 1 aliphatic heterocycles. The summed E-state index contributed by atoms with van der Waals surface area (Å²) in [6, 6.07) is 6.56. The molecule has 1 fully saturated rings. The van der Waals surface area contributed by atoms with Gasteiger partial charge in [-0.15, -0.1) is 0 Å². The zero-order chi connectivity index (χ0) is 12.1. The van der Waals surface area contributed by atoms with Crippen LogP contribution in [0.4, 0.5) is 0 Å². The summed E-state index contributed by atoms with van der Waals surface area (Å²) >= 11 is 0. The van der Waals surface area contributed by atoms with Crippen LogP contribution in [-0.2, 0) is 11.3 Å². The third kappa shape index (κ3) is 3.83. The number of aryl methyl sites for hydroxylation is 2. The summed E-state index contributed by atoms with van der Waals surface area (Å²) in [6.07, 6.45) is 2.72. The molecule has 0 aliphatic carbocycles. The van der Waals surface area contributed by atoms with Gasteiger partial charge in [-0.05, 0) is 50.9 Å². The molecule has 2 rings (SSSR count). The Labute approximate surface area is 105 Å². The summed E-state index contributed by atoms with van der Waals surface area (Å²) in [4.78, 5) is 2.49. The van der Waals surface area contributed by atoms with E-state index in [1.165, 1.54) is 42.6 Å². The molecule has 1 aliphatic rings. The Hall–Kier alpha value is -0.860. The van der Waals surface area contributed by atoms with Gasteiger partial charge in [-0.3, -0.25) is 0 Å². The highest BCUT2D eigenvalue weighted by Crippen LogP contribution is 2.12. The molecule has 1 saturated heterocycles. The average molecular weight is 233 g/mol. The second kappa shape index (κ2) is 6.18. The number of nitrogens with zero attached hydrogens (tertiary/aromatic N) is 1. The van der Waals surface area contributed by atoms with Crippen molar-refractivity contribution < 1.29 is 4.74 Å². The molecular formula is C15H23NO. The Balaban J connectivity index is 1.70. The van der Waals surface area contributed by atoms with E-state index in [1.54, 1.807) is 0 Å². The predicted octanol–water partition coefficient (Wildman–Crippen LogP) is 2.92. The van der Waals surface area contributed by atoms with E-state index in [1.807, 2.05) is 0 Å². The van der Waals surface area contributed by atoms with E-state index in [0.717, 1.165) is 19.8 Å². The summed E-state index contributed by atoms with van der Waals surface area (Å²) < 4.78 is 5.76. The van der Waals surface area contributed by atoms with Crippen LogP contribution in [0.3, 0.4) is 0 Å². The lowest BCUT2D eigenvalue weighted by molar-refractivity contribution is 0.0989. The van der Waals surface area contributed by atoms with Gasteiger partial charge in [0.05, 0.1) is 13.2 Å². The number of ether oxygens (including phenoxy) is 1. The standard InChI is InChI=1S/C15H23NO/c1-13-5-6-15(14(2)11-13)12-17-10-9-16-7-3-4-8-16/h5-6,11H,3-4,7-10,12H2,1-2H3. The van der Waals surface area contributed by atoms with Crippen molar-refractivity contribution in [3.05, 3.63) is 34.9 Å².